The summed E-state index contributed by atoms with van der Waals surface area (Å²) in [7, 11) is 0. The molecule has 0 aromatic heterocycles. The van der Waals surface area contributed by atoms with Gasteiger partial charge in [-0.05, 0) is 37.7 Å². The van der Waals surface area contributed by atoms with E-state index in [0.717, 1.165) is 25.7 Å². The van der Waals surface area contributed by atoms with Gasteiger partial charge in [0.25, 0.3) is 5.91 Å². The number of carbonyl (C=O) groups excluding carboxylic acids is 3. The number of rotatable bonds is 5. The van der Waals surface area contributed by atoms with Gasteiger partial charge in [0.2, 0.25) is 5.91 Å². The Labute approximate surface area is 147 Å². The summed E-state index contributed by atoms with van der Waals surface area (Å²) in [5.41, 5.74) is 1.26. The zero-order valence-electron chi connectivity index (χ0n) is 14.3. The number of likely N-dealkylation sites (tertiary alicyclic amines) is 1. The molecule has 4 amide bonds. The maximum Gasteiger partial charge on any atom is 0.328 e. The van der Waals surface area contributed by atoms with Crippen molar-refractivity contribution < 1.29 is 14.4 Å². The van der Waals surface area contributed by atoms with E-state index < -0.39 is 6.04 Å². The van der Waals surface area contributed by atoms with Gasteiger partial charge in [-0.3, -0.25) is 9.59 Å². The van der Waals surface area contributed by atoms with Crippen molar-refractivity contribution >= 4 is 17.8 Å². The van der Waals surface area contributed by atoms with Gasteiger partial charge in [0.15, 0.2) is 0 Å². The van der Waals surface area contributed by atoms with E-state index in [2.05, 4.69) is 12.1 Å². The minimum absolute atomic E-state index is 0.0732. The van der Waals surface area contributed by atoms with Crippen molar-refractivity contribution in [3.63, 3.8) is 0 Å². The molecule has 1 aromatic rings. The second-order valence-corrected chi connectivity index (χ2v) is 7.06. The lowest BCUT2D eigenvalue weighted by atomic mass is 10.1. The number of nitrogens with zero attached hydrogens (tertiary/aromatic N) is 3. The van der Waals surface area contributed by atoms with Crippen molar-refractivity contribution in [1.82, 2.24) is 14.7 Å². The summed E-state index contributed by atoms with van der Waals surface area (Å²) < 4.78 is 0. The summed E-state index contributed by atoms with van der Waals surface area (Å²) in [4.78, 5) is 42.4. The summed E-state index contributed by atoms with van der Waals surface area (Å²) in [5.74, 6) is -0.247. The molecule has 6 nitrogen and oxygen atoms in total. The van der Waals surface area contributed by atoms with Crippen LogP contribution in [0.2, 0.25) is 0 Å². The first kappa shape index (κ1) is 16.1. The van der Waals surface area contributed by atoms with E-state index in [4.69, 9.17) is 0 Å². The second-order valence-electron chi connectivity index (χ2n) is 7.06. The Bertz CT molecular complexity index is 668. The molecule has 3 fully saturated rings. The summed E-state index contributed by atoms with van der Waals surface area (Å²) in [6.07, 6.45) is 3.97. The van der Waals surface area contributed by atoms with Crippen LogP contribution in [-0.2, 0) is 16.0 Å². The van der Waals surface area contributed by atoms with Crippen LogP contribution in [0.15, 0.2) is 30.3 Å². The van der Waals surface area contributed by atoms with Crippen LogP contribution >= 0.6 is 0 Å². The molecule has 0 radical (unpaired) electrons. The molecule has 1 aromatic carbocycles. The Kier molecular flexibility index (Phi) is 4.19. The van der Waals surface area contributed by atoms with Crippen LogP contribution in [0.4, 0.5) is 4.79 Å². The molecule has 6 heteroatoms. The van der Waals surface area contributed by atoms with E-state index >= 15 is 0 Å². The van der Waals surface area contributed by atoms with E-state index in [1.54, 1.807) is 9.80 Å². The predicted octanol–water partition coefficient (Wildman–Crippen LogP) is 1.65. The average Bonchev–Trinajstić information content (AvgIpc) is 3.29. The van der Waals surface area contributed by atoms with Crippen LogP contribution in [0.5, 0.6) is 0 Å². The fourth-order valence-electron chi connectivity index (χ4n) is 4.24. The first-order chi connectivity index (χ1) is 12.2. The Balaban J connectivity index is 1.35. The van der Waals surface area contributed by atoms with Crippen molar-refractivity contribution in [2.24, 2.45) is 0 Å². The molecule has 3 saturated heterocycles. The summed E-state index contributed by atoms with van der Waals surface area (Å²) >= 11 is 0. The molecule has 3 aliphatic rings. The monoisotopic (exact) mass is 341 g/mol. The molecular formula is C19H23N3O3. The van der Waals surface area contributed by atoms with E-state index in [9.17, 15) is 14.4 Å². The number of benzene rings is 1. The average molecular weight is 341 g/mol. The molecule has 0 N–H and O–H groups in total. The maximum absolute atomic E-state index is 12.7. The lowest BCUT2D eigenvalue weighted by Crippen LogP contribution is -2.46. The molecule has 4 rings (SSSR count). The number of fused-ring (bicyclic) bond motifs is 1. The molecular weight excluding hydrogens is 318 g/mol. The van der Waals surface area contributed by atoms with Crippen molar-refractivity contribution in [2.75, 3.05) is 19.6 Å². The van der Waals surface area contributed by atoms with E-state index in [1.165, 1.54) is 10.5 Å². The minimum atomic E-state index is -0.595. The van der Waals surface area contributed by atoms with Crippen LogP contribution in [0.25, 0.3) is 0 Å². The normalized spacial score (nSPS) is 26.1. The largest absolute Gasteiger partial charge is 0.341 e. The lowest BCUT2D eigenvalue weighted by Gasteiger charge is -2.22. The summed E-state index contributed by atoms with van der Waals surface area (Å²) in [6, 6.07) is 9.01. The van der Waals surface area contributed by atoms with E-state index in [-0.39, 0.29) is 23.9 Å². The third-order valence-electron chi connectivity index (χ3n) is 5.54. The highest BCUT2D eigenvalue weighted by Crippen LogP contribution is 2.31. The van der Waals surface area contributed by atoms with Crippen LogP contribution in [0, 0.1) is 0 Å². The molecule has 0 aliphatic carbocycles. The van der Waals surface area contributed by atoms with Crippen molar-refractivity contribution in [3.8, 4) is 0 Å². The van der Waals surface area contributed by atoms with Gasteiger partial charge in [-0.1, -0.05) is 30.3 Å². The molecule has 0 saturated carbocycles. The topological polar surface area (TPSA) is 60.9 Å². The Morgan fingerprint density at radius 2 is 1.72 bits per heavy atom. The van der Waals surface area contributed by atoms with Crippen LogP contribution in [0.3, 0.4) is 0 Å². The zero-order valence-corrected chi connectivity index (χ0v) is 14.3. The van der Waals surface area contributed by atoms with Gasteiger partial charge in [0, 0.05) is 19.6 Å². The molecule has 0 bridgehead atoms. The molecule has 0 spiro atoms. The standard InChI is InChI=1S/C19H23N3O3/c23-17-16(22-18(24)15-9-5-12-21(15)19(22)25)10-13-20(17)11-4-8-14-6-2-1-3-7-14/h1-3,6-7,15-16H,4-5,8-13H2/t15-,16+/m1/s1. The number of amides is 4. The highest BCUT2D eigenvalue weighted by Gasteiger charge is 2.53. The first-order valence-corrected chi connectivity index (χ1v) is 9.13. The molecule has 25 heavy (non-hydrogen) atoms. The zero-order chi connectivity index (χ0) is 17.4. The first-order valence-electron chi connectivity index (χ1n) is 9.13. The second kappa shape index (κ2) is 6.50. The minimum Gasteiger partial charge on any atom is -0.341 e. The number of carbonyl (C=O) groups is 3. The maximum atomic E-state index is 12.7. The number of aryl methyl sites for hydroxylation is 1. The molecule has 3 aliphatic heterocycles. The Morgan fingerprint density at radius 3 is 2.48 bits per heavy atom. The van der Waals surface area contributed by atoms with Gasteiger partial charge in [-0.25, -0.2) is 9.69 Å². The number of urea groups is 1. The smallest absolute Gasteiger partial charge is 0.328 e. The Morgan fingerprint density at radius 1 is 0.920 bits per heavy atom. The predicted molar refractivity (Wildman–Crippen MR) is 91.7 cm³/mol. The van der Waals surface area contributed by atoms with Crippen LogP contribution in [0.1, 0.15) is 31.2 Å². The van der Waals surface area contributed by atoms with Gasteiger partial charge >= 0.3 is 6.03 Å². The Hall–Kier alpha value is -2.37. The summed E-state index contributed by atoms with van der Waals surface area (Å²) in [5, 5.41) is 0. The van der Waals surface area contributed by atoms with E-state index in [1.807, 2.05) is 18.2 Å². The quantitative estimate of drug-likeness (QED) is 0.765. The fourth-order valence-corrected chi connectivity index (χ4v) is 4.24. The van der Waals surface area contributed by atoms with Gasteiger partial charge in [0.05, 0.1) is 0 Å². The number of hydrogen-bond acceptors (Lipinski definition) is 3. The van der Waals surface area contributed by atoms with Gasteiger partial charge in [-0.15, -0.1) is 0 Å². The van der Waals surface area contributed by atoms with Crippen molar-refractivity contribution in [2.45, 2.75) is 44.2 Å². The number of imide groups is 1. The molecule has 3 heterocycles. The van der Waals surface area contributed by atoms with Gasteiger partial charge in [-0.2, -0.15) is 0 Å². The van der Waals surface area contributed by atoms with Crippen LogP contribution < -0.4 is 0 Å². The molecule has 0 unspecified atom stereocenters. The number of hydrogen-bond donors (Lipinski definition) is 0. The molecule has 132 valence electrons. The third kappa shape index (κ3) is 2.79. The van der Waals surface area contributed by atoms with Gasteiger partial charge in [0.1, 0.15) is 12.1 Å². The highest BCUT2D eigenvalue weighted by atomic mass is 16.2. The highest BCUT2D eigenvalue weighted by molar-refractivity contribution is 6.08. The summed E-state index contributed by atoms with van der Waals surface area (Å²) in [6.45, 7) is 1.93. The van der Waals surface area contributed by atoms with Crippen molar-refractivity contribution in [1.29, 1.82) is 0 Å². The van der Waals surface area contributed by atoms with Crippen molar-refractivity contribution in [3.05, 3.63) is 35.9 Å². The van der Waals surface area contributed by atoms with Crippen LogP contribution in [-0.4, -0.2) is 64.3 Å². The van der Waals surface area contributed by atoms with Gasteiger partial charge < -0.3 is 9.80 Å². The SMILES string of the molecule is O=C1[C@@H](N2C(=O)[C@H]3CCCN3C2=O)CCN1CCCc1ccccc1. The third-order valence-corrected chi connectivity index (χ3v) is 5.54. The molecule has 2 atom stereocenters. The lowest BCUT2D eigenvalue weighted by molar-refractivity contribution is -0.138. The fraction of sp³-hybridized carbons (Fsp3) is 0.526. The van der Waals surface area contributed by atoms with E-state index in [0.29, 0.717) is 26.1 Å².